The van der Waals surface area contributed by atoms with Crippen LogP contribution >= 0.6 is 0 Å². The summed E-state index contributed by atoms with van der Waals surface area (Å²) < 4.78 is 5.11. The number of para-hydroxylation sites is 1. The lowest BCUT2D eigenvalue weighted by molar-refractivity contribution is 0.0954. The number of allylic oxidation sites excluding steroid dienone is 1. The van der Waals surface area contributed by atoms with Crippen molar-refractivity contribution < 1.29 is 9.53 Å². The highest BCUT2D eigenvalue weighted by Gasteiger charge is 2.12. The van der Waals surface area contributed by atoms with Gasteiger partial charge in [-0.25, -0.2) is 0 Å². The number of nitrogens with two attached hydrogens (primary N) is 1. The molecule has 0 saturated heterocycles. The maximum absolute atomic E-state index is 12.0. The average Bonchev–Trinajstić information content (AvgIpc) is 2.92. The highest BCUT2D eigenvalue weighted by Crippen LogP contribution is 2.24. The van der Waals surface area contributed by atoms with Crippen LogP contribution in [0.4, 0.5) is 5.69 Å². The van der Waals surface area contributed by atoms with Crippen molar-refractivity contribution in [2.24, 2.45) is 0 Å². The monoisotopic (exact) mass is 260 g/mol. The van der Waals surface area contributed by atoms with Crippen molar-refractivity contribution in [1.82, 2.24) is 5.32 Å². The Morgan fingerprint density at radius 3 is 3.00 bits per heavy atom. The average molecular weight is 260 g/mol. The number of hydrogen-bond donors (Lipinski definition) is 2. The number of nitrogen functional groups attached to an aromatic ring is 1. The minimum absolute atomic E-state index is 0.144. The van der Waals surface area contributed by atoms with Crippen molar-refractivity contribution >= 4 is 11.6 Å². The minimum Gasteiger partial charge on any atom is -0.495 e. The van der Waals surface area contributed by atoms with Gasteiger partial charge in [0.2, 0.25) is 0 Å². The van der Waals surface area contributed by atoms with Crippen LogP contribution in [0.1, 0.15) is 36.0 Å². The van der Waals surface area contributed by atoms with E-state index in [0.29, 0.717) is 23.5 Å². The zero-order chi connectivity index (χ0) is 13.7. The lowest BCUT2D eigenvalue weighted by atomic mass is 10.1. The van der Waals surface area contributed by atoms with Gasteiger partial charge in [0.1, 0.15) is 5.75 Å². The van der Waals surface area contributed by atoms with Gasteiger partial charge in [-0.1, -0.05) is 17.7 Å². The van der Waals surface area contributed by atoms with Gasteiger partial charge in [-0.05, 0) is 37.8 Å². The second-order valence-corrected chi connectivity index (χ2v) is 4.68. The molecule has 0 saturated carbocycles. The van der Waals surface area contributed by atoms with Gasteiger partial charge in [-0.3, -0.25) is 4.79 Å². The van der Waals surface area contributed by atoms with E-state index in [-0.39, 0.29) is 5.91 Å². The second-order valence-electron chi connectivity index (χ2n) is 4.68. The van der Waals surface area contributed by atoms with Crippen molar-refractivity contribution in [3.8, 4) is 5.75 Å². The van der Waals surface area contributed by atoms with Gasteiger partial charge in [0.25, 0.3) is 5.91 Å². The van der Waals surface area contributed by atoms with Gasteiger partial charge in [-0.15, -0.1) is 0 Å². The number of carbonyl (C=O) groups is 1. The summed E-state index contributed by atoms with van der Waals surface area (Å²) in [5, 5.41) is 2.90. The third-order valence-corrected chi connectivity index (χ3v) is 3.40. The fraction of sp³-hybridized carbons (Fsp3) is 0.400. The highest BCUT2D eigenvalue weighted by molar-refractivity contribution is 6.00. The predicted octanol–water partition coefficient (Wildman–Crippen LogP) is 2.51. The number of ether oxygens (including phenoxy) is 1. The molecule has 0 bridgehead atoms. The number of amides is 1. The van der Waals surface area contributed by atoms with Crippen molar-refractivity contribution in [1.29, 1.82) is 0 Å². The fourth-order valence-electron chi connectivity index (χ4n) is 2.32. The standard InChI is InChI=1S/C15H20N2O2/c1-19-13-8-4-7-12(14(13)16)15(18)17-10-9-11-5-2-3-6-11/h4-5,7-8H,2-3,6,9-10,16H2,1H3,(H,17,18). The van der Waals surface area contributed by atoms with E-state index in [9.17, 15) is 4.79 Å². The Bertz CT molecular complexity index is 495. The summed E-state index contributed by atoms with van der Waals surface area (Å²) in [7, 11) is 1.54. The van der Waals surface area contributed by atoms with E-state index in [1.165, 1.54) is 18.4 Å². The molecule has 19 heavy (non-hydrogen) atoms. The molecule has 0 aliphatic heterocycles. The summed E-state index contributed by atoms with van der Waals surface area (Å²) >= 11 is 0. The zero-order valence-electron chi connectivity index (χ0n) is 11.2. The first kappa shape index (κ1) is 13.5. The largest absolute Gasteiger partial charge is 0.495 e. The van der Waals surface area contributed by atoms with Gasteiger partial charge < -0.3 is 15.8 Å². The van der Waals surface area contributed by atoms with Crippen LogP contribution in [0.3, 0.4) is 0 Å². The number of methoxy groups -OCH3 is 1. The van der Waals surface area contributed by atoms with Crippen LogP contribution in [0.5, 0.6) is 5.75 Å². The van der Waals surface area contributed by atoms with Crippen molar-refractivity contribution in [3.63, 3.8) is 0 Å². The van der Waals surface area contributed by atoms with Crippen LogP contribution in [0.2, 0.25) is 0 Å². The van der Waals surface area contributed by atoms with Crippen LogP contribution in [0, 0.1) is 0 Å². The molecule has 1 aliphatic carbocycles. The lowest BCUT2D eigenvalue weighted by Gasteiger charge is -2.10. The van der Waals surface area contributed by atoms with Gasteiger partial charge in [0.05, 0.1) is 18.4 Å². The van der Waals surface area contributed by atoms with Gasteiger partial charge in [0.15, 0.2) is 0 Å². The van der Waals surface area contributed by atoms with Gasteiger partial charge in [0, 0.05) is 6.54 Å². The molecule has 0 fully saturated rings. The molecule has 102 valence electrons. The number of hydrogen-bond acceptors (Lipinski definition) is 3. The van der Waals surface area contributed by atoms with E-state index in [2.05, 4.69) is 11.4 Å². The summed E-state index contributed by atoms with van der Waals surface area (Å²) in [4.78, 5) is 12.0. The Labute approximate surface area is 113 Å². The fourth-order valence-corrected chi connectivity index (χ4v) is 2.32. The number of rotatable bonds is 5. The summed E-state index contributed by atoms with van der Waals surface area (Å²) in [5.74, 6) is 0.390. The Morgan fingerprint density at radius 1 is 1.47 bits per heavy atom. The molecule has 0 radical (unpaired) electrons. The van der Waals surface area contributed by atoms with Crippen LogP contribution in [0.25, 0.3) is 0 Å². The molecule has 0 heterocycles. The number of anilines is 1. The van der Waals surface area contributed by atoms with E-state index in [1.54, 1.807) is 25.3 Å². The predicted molar refractivity (Wildman–Crippen MR) is 76.3 cm³/mol. The minimum atomic E-state index is -0.144. The number of benzene rings is 1. The molecule has 3 N–H and O–H groups in total. The number of carbonyl (C=O) groups excluding carboxylic acids is 1. The van der Waals surface area contributed by atoms with Gasteiger partial charge >= 0.3 is 0 Å². The first-order valence-electron chi connectivity index (χ1n) is 6.61. The van der Waals surface area contributed by atoms with Gasteiger partial charge in [-0.2, -0.15) is 0 Å². The van der Waals surface area contributed by atoms with E-state index in [4.69, 9.17) is 10.5 Å². The Balaban J connectivity index is 1.92. The van der Waals surface area contributed by atoms with E-state index >= 15 is 0 Å². The molecule has 4 heteroatoms. The van der Waals surface area contributed by atoms with Crippen LogP contribution in [-0.4, -0.2) is 19.6 Å². The van der Waals surface area contributed by atoms with Crippen molar-refractivity contribution in [3.05, 3.63) is 35.4 Å². The van der Waals surface area contributed by atoms with Crippen LogP contribution in [0.15, 0.2) is 29.8 Å². The summed E-state index contributed by atoms with van der Waals surface area (Å²) in [6.45, 7) is 0.654. The third kappa shape index (κ3) is 3.28. The summed E-state index contributed by atoms with van der Waals surface area (Å²) in [6.07, 6.45) is 6.77. The summed E-state index contributed by atoms with van der Waals surface area (Å²) in [5.41, 5.74) is 8.20. The first-order chi connectivity index (χ1) is 9.22. The molecule has 1 aromatic carbocycles. The van der Waals surface area contributed by atoms with E-state index in [1.807, 2.05) is 0 Å². The van der Waals surface area contributed by atoms with E-state index < -0.39 is 0 Å². The van der Waals surface area contributed by atoms with Crippen LogP contribution in [-0.2, 0) is 0 Å². The Hall–Kier alpha value is -1.97. The zero-order valence-corrected chi connectivity index (χ0v) is 11.2. The summed E-state index contributed by atoms with van der Waals surface area (Å²) in [6, 6.07) is 5.22. The SMILES string of the molecule is COc1cccc(C(=O)NCCC2=CCCC2)c1N. The molecule has 1 aliphatic rings. The molecule has 0 spiro atoms. The lowest BCUT2D eigenvalue weighted by Crippen LogP contribution is -2.25. The van der Waals surface area contributed by atoms with Crippen molar-refractivity contribution in [2.45, 2.75) is 25.7 Å². The molecular weight excluding hydrogens is 240 g/mol. The maximum atomic E-state index is 12.0. The maximum Gasteiger partial charge on any atom is 0.253 e. The quantitative estimate of drug-likeness (QED) is 0.631. The molecule has 1 amide bonds. The molecule has 0 atom stereocenters. The second kappa shape index (κ2) is 6.27. The van der Waals surface area contributed by atoms with Crippen LogP contribution < -0.4 is 15.8 Å². The normalized spacial score (nSPS) is 14.1. The molecule has 1 aromatic rings. The molecular formula is C15H20N2O2. The Morgan fingerprint density at radius 2 is 2.32 bits per heavy atom. The highest BCUT2D eigenvalue weighted by atomic mass is 16.5. The first-order valence-corrected chi connectivity index (χ1v) is 6.61. The van der Waals surface area contributed by atoms with E-state index in [0.717, 1.165) is 12.8 Å². The number of nitrogens with one attached hydrogen (secondary N) is 1. The molecule has 4 nitrogen and oxygen atoms in total. The smallest absolute Gasteiger partial charge is 0.253 e. The molecule has 2 rings (SSSR count). The Kier molecular flexibility index (Phi) is 4.44. The topological polar surface area (TPSA) is 64.3 Å². The van der Waals surface area contributed by atoms with Crippen molar-refractivity contribution in [2.75, 3.05) is 19.4 Å². The molecule has 0 aromatic heterocycles. The third-order valence-electron chi connectivity index (χ3n) is 3.40. The molecule has 0 unspecified atom stereocenters.